The molecule has 1 aromatic rings. The van der Waals surface area contributed by atoms with Crippen molar-refractivity contribution in [2.75, 3.05) is 19.8 Å². The summed E-state index contributed by atoms with van der Waals surface area (Å²) in [5.74, 6) is 0.690. The lowest BCUT2D eigenvalue weighted by atomic mass is 10.1. The van der Waals surface area contributed by atoms with Crippen molar-refractivity contribution < 1.29 is 4.74 Å². The van der Waals surface area contributed by atoms with Gasteiger partial charge in [0.2, 0.25) is 0 Å². The minimum Gasteiger partial charge on any atom is -0.379 e. The van der Waals surface area contributed by atoms with Gasteiger partial charge >= 0.3 is 0 Å². The van der Waals surface area contributed by atoms with Gasteiger partial charge in [0.05, 0.1) is 23.9 Å². The topological polar surface area (TPSA) is 34.1 Å². The summed E-state index contributed by atoms with van der Waals surface area (Å²) < 4.78 is 5.44. The molecule has 0 spiro atoms. The molecular weight excluding hydrogens is 220 g/mol. The van der Waals surface area contributed by atoms with Gasteiger partial charge in [-0.2, -0.15) is 0 Å². The highest BCUT2D eigenvalue weighted by molar-refractivity contribution is 7.09. The van der Waals surface area contributed by atoms with Crippen LogP contribution >= 0.6 is 11.3 Å². The molecule has 2 rings (SSSR count). The van der Waals surface area contributed by atoms with E-state index in [2.05, 4.69) is 29.5 Å². The van der Waals surface area contributed by atoms with Crippen molar-refractivity contribution >= 4 is 11.3 Å². The Bertz CT molecular complexity index is 319. The Balaban J connectivity index is 1.86. The van der Waals surface area contributed by atoms with E-state index >= 15 is 0 Å². The molecule has 4 heteroatoms. The van der Waals surface area contributed by atoms with Crippen molar-refractivity contribution in [3.8, 4) is 0 Å². The maximum atomic E-state index is 5.44. The van der Waals surface area contributed by atoms with Gasteiger partial charge in [-0.25, -0.2) is 4.98 Å². The maximum absolute atomic E-state index is 5.44. The Kier molecular flexibility index (Phi) is 4.32. The van der Waals surface area contributed by atoms with E-state index in [4.69, 9.17) is 4.74 Å². The van der Waals surface area contributed by atoms with Gasteiger partial charge in [0.1, 0.15) is 0 Å². The lowest BCUT2D eigenvalue weighted by molar-refractivity contribution is 0.0767. The number of rotatable bonds is 4. The SMILES string of the molecule is CC(C)Cc1nc(CC2COCCN2)cs1. The highest BCUT2D eigenvalue weighted by Crippen LogP contribution is 2.15. The van der Waals surface area contributed by atoms with Crippen molar-refractivity contribution in [2.45, 2.75) is 32.7 Å². The smallest absolute Gasteiger partial charge is 0.0930 e. The summed E-state index contributed by atoms with van der Waals surface area (Å²) in [7, 11) is 0. The number of hydrogen-bond donors (Lipinski definition) is 1. The number of thiazole rings is 1. The third-order valence-corrected chi connectivity index (χ3v) is 3.56. The largest absolute Gasteiger partial charge is 0.379 e. The van der Waals surface area contributed by atoms with Crippen LogP contribution in [0.5, 0.6) is 0 Å². The standard InChI is InChI=1S/C12H20N2OS/c1-9(2)5-12-14-11(8-16-12)6-10-7-15-4-3-13-10/h8-10,13H,3-7H2,1-2H3. The molecule has 0 aliphatic carbocycles. The van der Waals surface area contributed by atoms with Crippen LogP contribution in [-0.2, 0) is 17.6 Å². The van der Waals surface area contributed by atoms with Crippen molar-refractivity contribution in [2.24, 2.45) is 5.92 Å². The zero-order valence-corrected chi connectivity index (χ0v) is 10.8. The molecular formula is C12H20N2OS. The molecule has 2 heterocycles. The normalized spacial score (nSPS) is 21.6. The Labute approximate surface area is 101 Å². The van der Waals surface area contributed by atoms with E-state index in [1.54, 1.807) is 11.3 Å². The van der Waals surface area contributed by atoms with Gasteiger partial charge in [0.15, 0.2) is 0 Å². The van der Waals surface area contributed by atoms with Gasteiger partial charge in [0.25, 0.3) is 0 Å². The molecule has 1 fully saturated rings. The van der Waals surface area contributed by atoms with E-state index in [-0.39, 0.29) is 0 Å². The molecule has 3 nitrogen and oxygen atoms in total. The van der Waals surface area contributed by atoms with Crippen LogP contribution in [0.4, 0.5) is 0 Å². The molecule has 0 saturated carbocycles. The lowest BCUT2D eigenvalue weighted by Gasteiger charge is -2.22. The van der Waals surface area contributed by atoms with Crippen LogP contribution in [-0.4, -0.2) is 30.8 Å². The van der Waals surface area contributed by atoms with Gasteiger partial charge in [0, 0.05) is 30.8 Å². The van der Waals surface area contributed by atoms with Crippen molar-refractivity contribution in [1.29, 1.82) is 0 Å². The summed E-state index contributed by atoms with van der Waals surface area (Å²) in [4.78, 5) is 4.67. The van der Waals surface area contributed by atoms with Crippen LogP contribution in [0.2, 0.25) is 0 Å². The summed E-state index contributed by atoms with van der Waals surface area (Å²) >= 11 is 1.79. The fraction of sp³-hybridized carbons (Fsp3) is 0.750. The first-order valence-electron chi connectivity index (χ1n) is 5.98. The molecule has 90 valence electrons. The predicted octanol–water partition coefficient (Wildman–Crippen LogP) is 1.87. The summed E-state index contributed by atoms with van der Waals surface area (Å²) in [6, 6.07) is 0.447. The first-order valence-corrected chi connectivity index (χ1v) is 6.86. The van der Waals surface area contributed by atoms with E-state index in [0.717, 1.165) is 32.6 Å². The van der Waals surface area contributed by atoms with Gasteiger partial charge < -0.3 is 10.1 Å². The average Bonchev–Trinajstić information content (AvgIpc) is 2.66. The molecule has 1 aliphatic rings. The second-order valence-electron chi connectivity index (χ2n) is 4.76. The fourth-order valence-corrected chi connectivity index (χ4v) is 2.91. The number of nitrogens with one attached hydrogen (secondary N) is 1. The van der Waals surface area contributed by atoms with Crippen molar-refractivity contribution in [3.63, 3.8) is 0 Å². The molecule has 1 N–H and O–H groups in total. The van der Waals surface area contributed by atoms with E-state index < -0.39 is 0 Å². The number of nitrogens with zero attached hydrogens (tertiary/aromatic N) is 1. The summed E-state index contributed by atoms with van der Waals surface area (Å²) in [6.07, 6.45) is 2.09. The lowest BCUT2D eigenvalue weighted by Crippen LogP contribution is -2.42. The fourth-order valence-electron chi connectivity index (χ4n) is 1.89. The quantitative estimate of drug-likeness (QED) is 0.872. The van der Waals surface area contributed by atoms with E-state index in [1.807, 2.05) is 0 Å². The Morgan fingerprint density at radius 1 is 1.62 bits per heavy atom. The summed E-state index contributed by atoms with van der Waals surface area (Å²) in [5.41, 5.74) is 1.21. The van der Waals surface area contributed by atoms with Crippen LogP contribution in [0, 0.1) is 5.92 Å². The number of morpholine rings is 1. The van der Waals surface area contributed by atoms with Gasteiger partial charge in [-0.15, -0.1) is 11.3 Å². The first kappa shape index (κ1) is 12.0. The molecule has 1 saturated heterocycles. The summed E-state index contributed by atoms with van der Waals surface area (Å²) in [6.45, 7) is 7.09. The zero-order chi connectivity index (χ0) is 11.4. The van der Waals surface area contributed by atoms with Crippen LogP contribution in [0.1, 0.15) is 24.5 Å². The molecule has 1 atom stereocenters. The van der Waals surface area contributed by atoms with Crippen LogP contribution < -0.4 is 5.32 Å². The third-order valence-electron chi connectivity index (χ3n) is 2.64. The third kappa shape index (κ3) is 3.54. The Morgan fingerprint density at radius 2 is 2.50 bits per heavy atom. The minimum absolute atomic E-state index is 0.447. The molecule has 1 unspecified atom stereocenters. The monoisotopic (exact) mass is 240 g/mol. The Hall–Kier alpha value is -0.450. The van der Waals surface area contributed by atoms with Crippen molar-refractivity contribution in [3.05, 3.63) is 16.1 Å². The number of ether oxygens (including phenoxy) is 1. The van der Waals surface area contributed by atoms with Crippen molar-refractivity contribution in [1.82, 2.24) is 10.3 Å². The van der Waals surface area contributed by atoms with Crippen LogP contribution in [0.15, 0.2) is 5.38 Å². The van der Waals surface area contributed by atoms with E-state index in [0.29, 0.717) is 12.0 Å². The highest BCUT2D eigenvalue weighted by Gasteiger charge is 2.15. The predicted molar refractivity (Wildman–Crippen MR) is 67.0 cm³/mol. The van der Waals surface area contributed by atoms with Crippen LogP contribution in [0.25, 0.3) is 0 Å². The molecule has 0 aromatic carbocycles. The zero-order valence-electron chi connectivity index (χ0n) is 10.0. The second kappa shape index (κ2) is 5.75. The second-order valence-corrected chi connectivity index (χ2v) is 5.70. The average molecular weight is 240 g/mol. The maximum Gasteiger partial charge on any atom is 0.0930 e. The van der Waals surface area contributed by atoms with Gasteiger partial charge in [-0.05, 0) is 5.92 Å². The first-order chi connectivity index (χ1) is 7.74. The molecule has 0 amide bonds. The minimum atomic E-state index is 0.447. The van der Waals surface area contributed by atoms with Gasteiger partial charge in [-0.1, -0.05) is 13.8 Å². The molecule has 0 bridgehead atoms. The van der Waals surface area contributed by atoms with Gasteiger partial charge in [-0.3, -0.25) is 0 Å². The van der Waals surface area contributed by atoms with Crippen LogP contribution in [0.3, 0.4) is 0 Å². The molecule has 1 aliphatic heterocycles. The highest BCUT2D eigenvalue weighted by atomic mass is 32.1. The van der Waals surface area contributed by atoms with E-state index in [9.17, 15) is 0 Å². The van der Waals surface area contributed by atoms with E-state index in [1.165, 1.54) is 10.7 Å². The number of hydrogen-bond acceptors (Lipinski definition) is 4. The Morgan fingerprint density at radius 3 is 3.19 bits per heavy atom. The molecule has 1 aromatic heterocycles. The summed E-state index contributed by atoms with van der Waals surface area (Å²) in [5, 5.41) is 6.91. The number of aromatic nitrogens is 1. The molecule has 0 radical (unpaired) electrons. The molecule has 16 heavy (non-hydrogen) atoms.